The third-order valence-electron chi connectivity index (χ3n) is 1.67. The molecule has 0 aromatic rings. The summed E-state index contributed by atoms with van der Waals surface area (Å²) in [5.74, 6) is -1.94. The molecule has 8 nitrogen and oxygen atoms in total. The molecule has 0 spiro atoms. The first-order chi connectivity index (χ1) is 12.5. The number of hydrogen-bond acceptors (Lipinski definition) is 7. The maximum Gasteiger partial charge on any atom is 2.00 e. The van der Waals surface area contributed by atoms with Crippen LogP contribution in [0.5, 0.6) is 0 Å². The second kappa shape index (κ2) is 27.1. The van der Waals surface area contributed by atoms with E-state index in [9.17, 15) is 34.5 Å². The van der Waals surface area contributed by atoms with Crippen molar-refractivity contribution in [3.05, 3.63) is 47.7 Å². The second-order valence-corrected chi connectivity index (χ2v) is 5.62. The van der Waals surface area contributed by atoms with E-state index in [2.05, 4.69) is 6.58 Å². The van der Waals surface area contributed by atoms with Gasteiger partial charge in [0.1, 0.15) is 0 Å². The Morgan fingerprint density at radius 3 is 0.900 bits per heavy atom. The fourth-order valence-corrected chi connectivity index (χ4v) is 1.12. The molecule has 0 heterocycles. The minimum absolute atomic E-state index is 0. The average molecular weight is 528 g/mol. The Labute approximate surface area is 204 Å². The molecule has 0 aliphatic rings. The summed E-state index contributed by atoms with van der Waals surface area (Å²) in [5.41, 5.74) is 0.688. The molecule has 30 heavy (non-hydrogen) atoms. The summed E-state index contributed by atoms with van der Waals surface area (Å²) >= 11 is 0. The van der Waals surface area contributed by atoms with Crippen LogP contribution in [0.25, 0.3) is 0 Å². The molecule has 10 heteroatoms. The first-order valence-corrected chi connectivity index (χ1v) is 7.95. The van der Waals surface area contributed by atoms with Gasteiger partial charge in [-0.2, -0.15) is 0 Å². The summed E-state index contributed by atoms with van der Waals surface area (Å²) in [5, 5.41) is 38.0. The number of rotatable bonds is 5. The Morgan fingerprint density at radius 1 is 0.700 bits per heavy atom. The van der Waals surface area contributed by atoms with Crippen LogP contribution in [0.2, 0.25) is 0 Å². The van der Waals surface area contributed by atoms with E-state index in [1.807, 2.05) is 0 Å². The predicted octanol–water partition coefficient (Wildman–Crippen LogP) is 0.551. The predicted molar refractivity (Wildman–Crippen MR) is 100 cm³/mol. The number of hydrogen-bond donors (Lipinski definition) is 1. The van der Waals surface area contributed by atoms with Crippen LogP contribution in [-0.4, -0.2) is 28.4 Å². The van der Waals surface area contributed by atoms with E-state index < -0.39 is 5.97 Å². The van der Waals surface area contributed by atoms with E-state index in [1.54, 1.807) is 6.92 Å². The Morgan fingerprint density at radius 2 is 0.900 bits per heavy atom. The molecule has 0 aliphatic heterocycles. The van der Waals surface area contributed by atoms with E-state index in [1.165, 1.54) is 41.5 Å². The first-order valence-electron chi connectivity index (χ1n) is 7.95. The molecule has 0 radical (unpaired) electrons. The molecule has 0 aromatic heterocycles. The molecule has 0 atom stereocenters. The molecule has 0 saturated heterocycles. The Kier molecular flexibility index (Phi) is 38.1. The van der Waals surface area contributed by atoms with E-state index in [-0.39, 0.29) is 80.0 Å². The first kappa shape index (κ1) is 42.2. The molecule has 0 aromatic carbocycles. The zero-order chi connectivity index (χ0) is 23.4. The van der Waals surface area contributed by atoms with Gasteiger partial charge in [-0.3, -0.25) is 19.2 Å². The normalized spacial score (nSPS) is 9.90. The number of carbonyl (C=O) groups is 4. The molecular weight excluding hydrogens is 499 g/mol. The van der Waals surface area contributed by atoms with Crippen LogP contribution in [-0.2, 0) is 58.1 Å². The van der Waals surface area contributed by atoms with Crippen LogP contribution < -0.4 is 15.3 Å². The number of ketones is 3. The largest absolute Gasteiger partial charge is 2.00 e. The van der Waals surface area contributed by atoms with Crippen molar-refractivity contribution in [1.29, 1.82) is 0 Å². The number of carboxylic acid groups (broad SMARTS) is 1. The number of allylic oxidation sites excluding steroid dienone is 6. The van der Waals surface area contributed by atoms with Gasteiger partial charge >= 0.3 is 25.4 Å². The fourth-order valence-electron chi connectivity index (χ4n) is 1.12. The number of carboxylic acids is 1. The van der Waals surface area contributed by atoms with Gasteiger partial charge in [0.15, 0.2) is 17.3 Å². The quantitative estimate of drug-likeness (QED) is 0.235. The SMILES string of the molecule is C=C(C)CC(=O)O.CC(=O)/C=C(/C)[O-].CC(=O)/C=C(/C)[O-].CC(=O)/C=C(/C)[O-].[Zn+2].[Zn]. The van der Waals surface area contributed by atoms with Crippen molar-refractivity contribution in [3.8, 4) is 0 Å². The van der Waals surface area contributed by atoms with Gasteiger partial charge in [-0.15, -0.1) is 17.3 Å². The van der Waals surface area contributed by atoms with Gasteiger partial charge in [0.2, 0.25) is 0 Å². The van der Waals surface area contributed by atoms with Gasteiger partial charge in [-0.1, -0.05) is 32.9 Å². The van der Waals surface area contributed by atoms with Crippen LogP contribution in [0.1, 0.15) is 54.9 Å². The molecule has 0 amide bonds. The molecule has 0 fully saturated rings. The van der Waals surface area contributed by atoms with Crippen LogP contribution in [0, 0.1) is 0 Å². The van der Waals surface area contributed by atoms with Crippen molar-refractivity contribution in [2.45, 2.75) is 54.9 Å². The van der Waals surface area contributed by atoms with Crippen molar-refractivity contribution in [2.75, 3.05) is 0 Å². The van der Waals surface area contributed by atoms with Crippen LogP contribution in [0.3, 0.4) is 0 Å². The van der Waals surface area contributed by atoms with Crippen LogP contribution in [0.15, 0.2) is 47.7 Å². The van der Waals surface area contributed by atoms with Gasteiger partial charge < -0.3 is 20.4 Å². The topological polar surface area (TPSA) is 158 Å². The van der Waals surface area contributed by atoms with Gasteiger partial charge in [-0.05, 0) is 45.9 Å². The Bertz CT molecular complexity index is 542. The van der Waals surface area contributed by atoms with Crippen LogP contribution in [0.4, 0.5) is 0 Å². The van der Waals surface area contributed by atoms with Crippen molar-refractivity contribution in [2.24, 2.45) is 0 Å². The molecule has 0 unspecified atom stereocenters. The van der Waals surface area contributed by atoms with Gasteiger partial charge in [0, 0.05) is 19.5 Å². The van der Waals surface area contributed by atoms with Gasteiger partial charge in [-0.25, -0.2) is 0 Å². The smallest absolute Gasteiger partial charge is 0.876 e. The molecule has 1 N–H and O–H groups in total. The maximum atomic E-state index is 9.98. The Balaban J connectivity index is -0.0000000626. The van der Waals surface area contributed by atoms with Gasteiger partial charge in [0.25, 0.3) is 0 Å². The summed E-state index contributed by atoms with van der Waals surface area (Å²) in [6.45, 7) is 13.2. The molecule has 162 valence electrons. The third kappa shape index (κ3) is 82.7. The van der Waals surface area contributed by atoms with Gasteiger partial charge in [0.05, 0.1) is 6.42 Å². The molecule has 0 bridgehead atoms. The maximum absolute atomic E-state index is 9.98. The summed E-state index contributed by atoms with van der Waals surface area (Å²) < 4.78 is 0. The average Bonchev–Trinajstić information content (AvgIpc) is 2.32. The summed E-state index contributed by atoms with van der Waals surface area (Å²) in [4.78, 5) is 39.7. The van der Waals surface area contributed by atoms with E-state index in [0.29, 0.717) is 5.57 Å². The van der Waals surface area contributed by atoms with E-state index >= 15 is 0 Å². The minimum atomic E-state index is -0.812. The number of carbonyl (C=O) groups excluding carboxylic acids is 3. The standard InChI is InChI=1S/4C5H8O2.2Zn/c3*1-4(6)3-5(2)7;1-4(2)3-5(6)7;;/h3*3,6H,1-2H3;1,3H2,2H3,(H,6,7);;/q;;;;;+2/p-3/b3*4-3-;;;. The summed E-state index contributed by atoms with van der Waals surface area (Å²) in [7, 11) is 0. The van der Waals surface area contributed by atoms with Crippen molar-refractivity contribution in [3.63, 3.8) is 0 Å². The van der Waals surface area contributed by atoms with Crippen molar-refractivity contribution in [1.82, 2.24) is 0 Å². The zero-order valence-corrected chi connectivity index (χ0v) is 24.8. The summed E-state index contributed by atoms with van der Waals surface area (Å²) in [6.07, 6.45) is 3.25. The van der Waals surface area contributed by atoms with Crippen molar-refractivity contribution < 1.29 is 78.6 Å². The number of aliphatic carboxylic acids is 1. The Hall–Kier alpha value is -1.91. The third-order valence-corrected chi connectivity index (χ3v) is 1.67. The molecule has 0 rings (SSSR count). The molecule has 0 saturated carbocycles. The second-order valence-electron chi connectivity index (χ2n) is 5.62. The van der Waals surface area contributed by atoms with Crippen LogP contribution >= 0.6 is 0 Å². The van der Waals surface area contributed by atoms with E-state index in [4.69, 9.17) is 5.11 Å². The minimum Gasteiger partial charge on any atom is -0.876 e. The molecular formula is C20H29O8Zn2-. The fraction of sp³-hybridized carbons (Fsp3) is 0.400. The van der Waals surface area contributed by atoms with E-state index in [0.717, 1.165) is 18.2 Å². The summed E-state index contributed by atoms with van der Waals surface area (Å²) in [6, 6.07) is 0. The molecule has 0 aliphatic carbocycles. The van der Waals surface area contributed by atoms with Crippen molar-refractivity contribution >= 4 is 23.3 Å². The zero-order valence-electron chi connectivity index (χ0n) is 18.9. The monoisotopic (exact) mass is 525 g/mol.